The van der Waals surface area contributed by atoms with Crippen LogP contribution in [0.3, 0.4) is 0 Å². The third kappa shape index (κ3) is 6.39. The van der Waals surface area contributed by atoms with Gasteiger partial charge in [0.15, 0.2) is 0 Å². The third-order valence-corrected chi connectivity index (χ3v) is 2.68. The van der Waals surface area contributed by atoms with Crippen LogP contribution in [0.25, 0.3) is 11.1 Å². The van der Waals surface area contributed by atoms with Crippen LogP contribution in [0.15, 0.2) is 48.5 Å². The molecule has 3 nitrogen and oxygen atoms in total. The molecule has 0 unspecified atom stereocenters. The summed E-state index contributed by atoms with van der Waals surface area (Å²) in [5.74, 6) is -0.166. The number of ether oxygens (including phenoxy) is 1. The first-order chi connectivity index (χ1) is 10.4. The van der Waals surface area contributed by atoms with Crippen LogP contribution < -0.4 is 0 Å². The van der Waals surface area contributed by atoms with Gasteiger partial charge in [0.05, 0.1) is 6.10 Å². The van der Waals surface area contributed by atoms with Crippen molar-refractivity contribution in [3.63, 3.8) is 0 Å². The number of aromatic hydroxyl groups is 1. The number of phenols is 1. The van der Waals surface area contributed by atoms with Crippen molar-refractivity contribution in [2.45, 2.75) is 33.3 Å². The third-order valence-electron chi connectivity index (χ3n) is 2.68. The molecule has 1 N–H and O–H groups in total. The predicted octanol–water partition coefficient (Wildman–Crippen LogP) is 4.55. The van der Waals surface area contributed by atoms with E-state index in [4.69, 9.17) is 9.84 Å². The Morgan fingerprint density at radius 1 is 1.14 bits per heavy atom. The minimum absolute atomic E-state index is 0.0300. The van der Waals surface area contributed by atoms with Gasteiger partial charge in [0.25, 0.3) is 0 Å². The molecule has 2 aromatic carbocycles. The number of hydrogen-bond donors (Lipinski definition) is 1. The summed E-state index contributed by atoms with van der Waals surface area (Å²) in [6.45, 7) is 5.46. The van der Waals surface area contributed by atoms with Crippen LogP contribution in [0.2, 0.25) is 0 Å². The molecule has 2 aromatic rings. The summed E-state index contributed by atoms with van der Waals surface area (Å²) >= 11 is 0. The van der Waals surface area contributed by atoms with Gasteiger partial charge in [-0.05, 0) is 49.2 Å². The van der Waals surface area contributed by atoms with E-state index in [9.17, 15) is 9.18 Å². The van der Waals surface area contributed by atoms with Crippen molar-refractivity contribution in [1.82, 2.24) is 0 Å². The fourth-order valence-corrected chi connectivity index (χ4v) is 1.67. The SMILES string of the molecule is CCC(=O)OC(C)C.Oc1ccc(-c2cccc(F)c2)cc1. The largest absolute Gasteiger partial charge is 0.508 e. The van der Waals surface area contributed by atoms with Crippen LogP contribution in [-0.4, -0.2) is 17.2 Å². The van der Waals surface area contributed by atoms with E-state index < -0.39 is 0 Å². The zero-order valence-electron chi connectivity index (χ0n) is 13.0. The molecule has 4 heteroatoms. The van der Waals surface area contributed by atoms with Crippen molar-refractivity contribution >= 4 is 5.97 Å². The fourth-order valence-electron chi connectivity index (χ4n) is 1.67. The van der Waals surface area contributed by atoms with Crippen molar-refractivity contribution < 1.29 is 19.0 Å². The van der Waals surface area contributed by atoms with Crippen LogP contribution in [-0.2, 0) is 9.53 Å². The normalized spacial score (nSPS) is 9.86. The lowest BCUT2D eigenvalue weighted by Crippen LogP contribution is -2.09. The van der Waals surface area contributed by atoms with Gasteiger partial charge in [-0.25, -0.2) is 4.39 Å². The first kappa shape index (κ1) is 17.7. The molecule has 0 atom stereocenters. The Labute approximate surface area is 130 Å². The fraction of sp³-hybridized carbons (Fsp3) is 0.278. The number of rotatable bonds is 3. The molecule has 0 aliphatic rings. The summed E-state index contributed by atoms with van der Waals surface area (Å²) in [6.07, 6.45) is 0.500. The van der Waals surface area contributed by atoms with Crippen LogP contribution in [0, 0.1) is 5.82 Å². The lowest BCUT2D eigenvalue weighted by atomic mass is 10.1. The Bertz CT molecular complexity index is 592. The number of esters is 1. The van der Waals surface area contributed by atoms with Gasteiger partial charge >= 0.3 is 5.97 Å². The van der Waals surface area contributed by atoms with Crippen molar-refractivity contribution in [3.05, 3.63) is 54.3 Å². The van der Waals surface area contributed by atoms with Crippen LogP contribution in [0.1, 0.15) is 27.2 Å². The Balaban J connectivity index is 0.000000261. The summed E-state index contributed by atoms with van der Waals surface area (Å²) in [7, 11) is 0. The molecule has 0 heterocycles. The second kappa shape index (κ2) is 8.82. The van der Waals surface area contributed by atoms with E-state index in [1.165, 1.54) is 12.1 Å². The van der Waals surface area contributed by atoms with E-state index in [2.05, 4.69) is 0 Å². The van der Waals surface area contributed by atoms with Crippen molar-refractivity contribution in [1.29, 1.82) is 0 Å². The summed E-state index contributed by atoms with van der Waals surface area (Å²) < 4.78 is 17.6. The molecule has 0 radical (unpaired) electrons. The van der Waals surface area contributed by atoms with Gasteiger partial charge in [0.1, 0.15) is 11.6 Å². The highest BCUT2D eigenvalue weighted by Gasteiger charge is 1.99. The van der Waals surface area contributed by atoms with Gasteiger partial charge in [-0.2, -0.15) is 0 Å². The molecule has 0 saturated carbocycles. The minimum atomic E-state index is -0.254. The zero-order valence-corrected chi connectivity index (χ0v) is 13.0. The van der Waals surface area contributed by atoms with Crippen LogP contribution in [0.5, 0.6) is 5.75 Å². The van der Waals surface area contributed by atoms with Crippen LogP contribution >= 0.6 is 0 Å². The predicted molar refractivity (Wildman–Crippen MR) is 85.0 cm³/mol. The Morgan fingerprint density at radius 3 is 2.23 bits per heavy atom. The number of carbonyl (C=O) groups excluding carboxylic acids is 1. The average molecular weight is 304 g/mol. The average Bonchev–Trinajstić information content (AvgIpc) is 2.48. The lowest BCUT2D eigenvalue weighted by molar-refractivity contribution is -0.146. The maximum absolute atomic E-state index is 12.9. The molecule has 118 valence electrons. The molecular weight excluding hydrogens is 283 g/mol. The zero-order chi connectivity index (χ0) is 16.5. The Kier molecular flexibility index (Phi) is 7.09. The first-order valence-electron chi connectivity index (χ1n) is 7.16. The Morgan fingerprint density at radius 2 is 1.77 bits per heavy atom. The van der Waals surface area contributed by atoms with E-state index in [-0.39, 0.29) is 23.6 Å². The summed E-state index contributed by atoms with van der Waals surface area (Å²) in [6, 6.07) is 13.0. The second-order valence-electron chi connectivity index (χ2n) is 4.95. The summed E-state index contributed by atoms with van der Waals surface area (Å²) in [5.41, 5.74) is 1.70. The highest BCUT2D eigenvalue weighted by Crippen LogP contribution is 2.22. The van der Waals surface area contributed by atoms with Crippen LogP contribution in [0.4, 0.5) is 4.39 Å². The molecule has 0 aliphatic carbocycles. The standard InChI is InChI=1S/C12H9FO.C6H12O2/c13-11-3-1-2-10(8-11)9-4-6-12(14)7-5-9;1-4-6(7)8-5(2)3/h1-8,14H;5H,4H2,1-3H3. The maximum Gasteiger partial charge on any atom is 0.305 e. The highest BCUT2D eigenvalue weighted by atomic mass is 19.1. The summed E-state index contributed by atoms with van der Waals surface area (Å²) in [4.78, 5) is 10.4. The van der Waals surface area contributed by atoms with E-state index in [0.717, 1.165) is 11.1 Å². The first-order valence-corrected chi connectivity index (χ1v) is 7.16. The molecule has 0 spiro atoms. The summed E-state index contributed by atoms with van der Waals surface area (Å²) in [5, 5.41) is 9.08. The smallest absolute Gasteiger partial charge is 0.305 e. The number of benzene rings is 2. The molecule has 2 rings (SSSR count). The number of hydrogen-bond acceptors (Lipinski definition) is 3. The van der Waals surface area contributed by atoms with Gasteiger partial charge in [-0.3, -0.25) is 4.79 Å². The lowest BCUT2D eigenvalue weighted by Gasteiger charge is -2.04. The molecule has 0 fully saturated rings. The van der Waals surface area contributed by atoms with Crippen molar-refractivity contribution in [3.8, 4) is 16.9 Å². The van der Waals surface area contributed by atoms with Crippen molar-refractivity contribution in [2.24, 2.45) is 0 Å². The van der Waals surface area contributed by atoms with E-state index in [1.807, 2.05) is 19.9 Å². The van der Waals surface area contributed by atoms with Gasteiger partial charge in [0, 0.05) is 6.42 Å². The maximum atomic E-state index is 12.9. The van der Waals surface area contributed by atoms with Gasteiger partial charge < -0.3 is 9.84 Å². The second-order valence-corrected chi connectivity index (χ2v) is 4.95. The quantitative estimate of drug-likeness (QED) is 0.846. The molecule has 0 saturated heterocycles. The topological polar surface area (TPSA) is 46.5 Å². The molecule has 0 aliphatic heterocycles. The van der Waals surface area contributed by atoms with E-state index in [0.29, 0.717) is 6.42 Å². The van der Waals surface area contributed by atoms with Crippen molar-refractivity contribution in [2.75, 3.05) is 0 Å². The monoisotopic (exact) mass is 304 g/mol. The van der Waals surface area contributed by atoms with Gasteiger partial charge in [-0.15, -0.1) is 0 Å². The minimum Gasteiger partial charge on any atom is -0.508 e. The van der Waals surface area contributed by atoms with E-state index in [1.54, 1.807) is 37.3 Å². The molecule has 22 heavy (non-hydrogen) atoms. The molecule has 0 aromatic heterocycles. The van der Waals surface area contributed by atoms with E-state index >= 15 is 0 Å². The van der Waals surface area contributed by atoms with Gasteiger partial charge in [0.2, 0.25) is 0 Å². The highest BCUT2D eigenvalue weighted by molar-refractivity contribution is 5.69. The molecular formula is C18H21FO3. The number of halogens is 1. The molecule has 0 amide bonds. The molecule has 0 bridgehead atoms. The van der Waals surface area contributed by atoms with Gasteiger partial charge in [-0.1, -0.05) is 31.2 Å². The number of carbonyl (C=O) groups is 1. The number of phenolic OH excluding ortho intramolecular Hbond substituents is 1. The Hall–Kier alpha value is -2.36.